The number of aryl methyl sites for hydroxylation is 1. The monoisotopic (exact) mass is 339 g/mol. The van der Waals surface area contributed by atoms with Crippen LogP contribution in [0, 0.1) is 24.1 Å². The second kappa shape index (κ2) is 6.87. The van der Waals surface area contributed by atoms with Gasteiger partial charge in [-0.25, -0.2) is 17.5 Å². The summed E-state index contributed by atoms with van der Waals surface area (Å²) in [6, 6.07) is 9.00. The Kier molecular flexibility index (Phi) is 5.13. The summed E-state index contributed by atoms with van der Waals surface area (Å²) in [7, 11) is -3.51. The highest BCUT2D eigenvalue weighted by Crippen LogP contribution is 2.20. The SMILES string of the molecule is Cc1ccc(S(=O)(=O)NCCNc2ccc(F)cc2C#N)s1. The van der Waals surface area contributed by atoms with Crippen LogP contribution in [0.3, 0.4) is 0 Å². The molecule has 0 aliphatic rings. The van der Waals surface area contributed by atoms with Crippen molar-refractivity contribution in [2.75, 3.05) is 18.4 Å². The van der Waals surface area contributed by atoms with Gasteiger partial charge in [-0.2, -0.15) is 5.26 Å². The second-order valence-corrected chi connectivity index (χ2v) is 7.77. The summed E-state index contributed by atoms with van der Waals surface area (Å²) in [5.41, 5.74) is 0.645. The fraction of sp³-hybridized carbons (Fsp3) is 0.214. The average Bonchev–Trinajstić information content (AvgIpc) is 2.92. The first-order valence-corrected chi connectivity index (χ1v) is 8.72. The molecule has 8 heteroatoms. The van der Waals surface area contributed by atoms with Crippen molar-refractivity contribution in [3.63, 3.8) is 0 Å². The molecule has 0 radical (unpaired) electrons. The zero-order valence-electron chi connectivity index (χ0n) is 11.8. The molecule has 1 aromatic heterocycles. The summed E-state index contributed by atoms with van der Waals surface area (Å²) in [6.45, 7) is 2.27. The van der Waals surface area contributed by atoms with Gasteiger partial charge < -0.3 is 5.32 Å². The van der Waals surface area contributed by atoms with E-state index in [1.165, 1.54) is 23.5 Å². The lowest BCUT2D eigenvalue weighted by atomic mass is 10.2. The summed E-state index contributed by atoms with van der Waals surface area (Å²) < 4.78 is 39.7. The van der Waals surface area contributed by atoms with Gasteiger partial charge in [-0.15, -0.1) is 11.3 Å². The molecule has 2 N–H and O–H groups in total. The molecule has 0 aliphatic heterocycles. The maximum Gasteiger partial charge on any atom is 0.250 e. The van der Waals surface area contributed by atoms with Crippen molar-refractivity contribution in [1.82, 2.24) is 4.72 Å². The van der Waals surface area contributed by atoms with Crippen LogP contribution in [0.4, 0.5) is 10.1 Å². The summed E-state index contributed by atoms with van der Waals surface area (Å²) in [4.78, 5) is 0.920. The number of nitriles is 1. The molecule has 116 valence electrons. The molecule has 0 aliphatic carbocycles. The maximum absolute atomic E-state index is 13.0. The van der Waals surface area contributed by atoms with Gasteiger partial charge in [0.1, 0.15) is 16.1 Å². The van der Waals surface area contributed by atoms with Crippen molar-refractivity contribution in [1.29, 1.82) is 5.26 Å². The van der Waals surface area contributed by atoms with Gasteiger partial charge >= 0.3 is 0 Å². The number of nitrogens with zero attached hydrogens (tertiary/aromatic N) is 1. The summed E-state index contributed by atoms with van der Waals surface area (Å²) >= 11 is 1.20. The first kappa shape index (κ1) is 16.4. The van der Waals surface area contributed by atoms with Crippen LogP contribution in [0.5, 0.6) is 0 Å². The summed E-state index contributed by atoms with van der Waals surface area (Å²) in [6.07, 6.45) is 0. The van der Waals surface area contributed by atoms with E-state index in [4.69, 9.17) is 5.26 Å². The molecule has 1 heterocycles. The van der Waals surface area contributed by atoms with Crippen molar-refractivity contribution in [2.45, 2.75) is 11.1 Å². The van der Waals surface area contributed by atoms with E-state index < -0.39 is 15.8 Å². The smallest absolute Gasteiger partial charge is 0.250 e. The molecule has 22 heavy (non-hydrogen) atoms. The summed E-state index contributed by atoms with van der Waals surface area (Å²) in [5, 5.41) is 11.8. The maximum atomic E-state index is 13.0. The Hall–Kier alpha value is -1.95. The number of benzene rings is 1. The minimum absolute atomic E-state index is 0.154. The number of thiophene rings is 1. The number of halogens is 1. The molecular formula is C14H14FN3O2S2. The van der Waals surface area contributed by atoms with E-state index in [-0.39, 0.29) is 22.9 Å². The van der Waals surface area contributed by atoms with Gasteiger partial charge in [0, 0.05) is 18.0 Å². The average molecular weight is 339 g/mol. The third-order valence-corrected chi connectivity index (χ3v) is 5.77. The van der Waals surface area contributed by atoms with Gasteiger partial charge in [0.05, 0.1) is 11.3 Å². The van der Waals surface area contributed by atoms with E-state index in [2.05, 4.69) is 10.0 Å². The number of rotatable bonds is 6. The van der Waals surface area contributed by atoms with Crippen molar-refractivity contribution < 1.29 is 12.8 Å². The van der Waals surface area contributed by atoms with Crippen molar-refractivity contribution in [3.05, 3.63) is 46.6 Å². The van der Waals surface area contributed by atoms with Gasteiger partial charge in [-0.1, -0.05) is 0 Å². The molecule has 0 unspecified atom stereocenters. The number of hydrogen-bond acceptors (Lipinski definition) is 5. The van der Waals surface area contributed by atoms with E-state index in [9.17, 15) is 12.8 Å². The first-order valence-electron chi connectivity index (χ1n) is 6.42. The number of nitrogens with one attached hydrogen (secondary N) is 2. The van der Waals surface area contributed by atoms with Crippen LogP contribution in [0.15, 0.2) is 34.5 Å². The minimum atomic E-state index is -3.51. The first-order chi connectivity index (χ1) is 10.4. The lowest BCUT2D eigenvalue weighted by molar-refractivity contribution is 0.585. The fourth-order valence-electron chi connectivity index (χ4n) is 1.77. The third kappa shape index (κ3) is 4.04. The highest BCUT2D eigenvalue weighted by molar-refractivity contribution is 7.91. The third-order valence-electron chi connectivity index (χ3n) is 2.82. The molecule has 1 aromatic carbocycles. The molecule has 0 fully saturated rings. The Labute approximate surface area is 132 Å². The molecule has 0 spiro atoms. The van der Waals surface area contributed by atoms with Crippen molar-refractivity contribution in [3.8, 4) is 6.07 Å². The molecule has 0 atom stereocenters. The minimum Gasteiger partial charge on any atom is -0.383 e. The quantitative estimate of drug-likeness (QED) is 0.792. The van der Waals surface area contributed by atoms with Crippen LogP contribution in [0.2, 0.25) is 0 Å². The summed E-state index contributed by atoms with van der Waals surface area (Å²) in [5.74, 6) is -0.490. The molecule has 0 bridgehead atoms. The number of sulfonamides is 1. The molecular weight excluding hydrogens is 325 g/mol. The zero-order valence-corrected chi connectivity index (χ0v) is 13.4. The number of hydrogen-bond donors (Lipinski definition) is 2. The molecule has 0 amide bonds. The van der Waals surface area contributed by atoms with Crippen LogP contribution in [-0.2, 0) is 10.0 Å². The molecule has 0 saturated heterocycles. The van der Waals surface area contributed by atoms with Gasteiger partial charge in [0.2, 0.25) is 10.0 Å². The fourth-order valence-corrected chi connectivity index (χ4v) is 4.13. The van der Waals surface area contributed by atoms with Crippen LogP contribution in [-0.4, -0.2) is 21.5 Å². The van der Waals surface area contributed by atoms with Gasteiger partial charge in [0.15, 0.2) is 0 Å². The lowest BCUT2D eigenvalue weighted by Gasteiger charge is -2.09. The Morgan fingerprint density at radius 3 is 2.68 bits per heavy atom. The molecule has 5 nitrogen and oxygen atoms in total. The molecule has 0 saturated carbocycles. The Morgan fingerprint density at radius 2 is 2.05 bits per heavy atom. The predicted octanol–water partition coefficient (Wildman–Crippen LogP) is 2.46. The van der Waals surface area contributed by atoms with E-state index >= 15 is 0 Å². The van der Waals surface area contributed by atoms with E-state index in [1.807, 2.05) is 13.0 Å². The van der Waals surface area contributed by atoms with E-state index in [1.54, 1.807) is 12.1 Å². The van der Waals surface area contributed by atoms with Gasteiger partial charge in [-0.3, -0.25) is 0 Å². The number of anilines is 1. The Balaban J connectivity index is 1.91. The Morgan fingerprint density at radius 1 is 1.27 bits per heavy atom. The zero-order chi connectivity index (χ0) is 16.2. The Bertz CT molecular complexity index is 810. The van der Waals surface area contributed by atoms with Crippen molar-refractivity contribution in [2.24, 2.45) is 0 Å². The molecule has 2 aromatic rings. The second-order valence-electron chi connectivity index (χ2n) is 4.49. The highest BCUT2D eigenvalue weighted by atomic mass is 32.2. The van der Waals surface area contributed by atoms with Crippen LogP contribution in [0.1, 0.15) is 10.4 Å². The lowest BCUT2D eigenvalue weighted by Crippen LogP contribution is -2.28. The van der Waals surface area contributed by atoms with E-state index in [0.29, 0.717) is 5.69 Å². The standard InChI is InChI=1S/C14H14FN3O2S2/c1-10-2-5-14(21-10)22(19,20)18-7-6-17-13-4-3-12(15)8-11(13)9-16/h2-5,8,17-18H,6-7H2,1H3. The van der Waals surface area contributed by atoms with Crippen LogP contribution < -0.4 is 10.0 Å². The van der Waals surface area contributed by atoms with Crippen LogP contribution >= 0.6 is 11.3 Å². The van der Waals surface area contributed by atoms with Gasteiger partial charge in [-0.05, 0) is 37.3 Å². The largest absolute Gasteiger partial charge is 0.383 e. The van der Waals surface area contributed by atoms with Crippen molar-refractivity contribution >= 4 is 27.0 Å². The topological polar surface area (TPSA) is 82.0 Å². The predicted molar refractivity (Wildman–Crippen MR) is 83.8 cm³/mol. The molecule has 2 rings (SSSR count). The van der Waals surface area contributed by atoms with Gasteiger partial charge in [0.25, 0.3) is 0 Å². The van der Waals surface area contributed by atoms with E-state index in [0.717, 1.165) is 10.9 Å². The highest BCUT2D eigenvalue weighted by Gasteiger charge is 2.15. The normalized spacial score (nSPS) is 11.1. The van der Waals surface area contributed by atoms with Crippen LogP contribution in [0.25, 0.3) is 0 Å².